The van der Waals surface area contributed by atoms with Gasteiger partial charge in [-0.2, -0.15) is 11.3 Å². The molecular weight excluding hydrogens is 296 g/mol. The third-order valence-corrected chi connectivity index (χ3v) is 4.56. The van der Waals surface area contributed by atoms with Crippen LogP contribution in [0.4, 0.5) is 5.69 Å². The van der Waals surface area contributed by atoms with Crippen LogP contribution >= 0.6 is 11.3 Å². The predicted molar refractivity (Wildman–Crippen MR) is 88.1 cm³/mol. The van der Waals surface area contributed by atoms with E-state index in [4.69, 9.17) is 0 Å². The summed E-state index contributed by atoms with van der Waals surface area (Å²) in [6.07, 6.45) is 0.986. The van der Waals surface area contributed by atoms with Crippen LogP contribution < -0.4 is 10.2 Å². The molecule has 0 spiro atoms. The van der Waals surface area contributed by atoms with Crippen LogP contribution in [0.5, 0.6) is 0 Å². The quantitative estimate of drug-likeness (QED) is 0.943. The number of anilines is 1. The van der Waals surface area contributed by atoms with Gasteiger partial charge in [0.1, 0.15) is 6.04 Å². The second-order valence-corrected chi connectivity index (χ2v) is 6.32. The number of carbonyl (C=O) groups is 2. The maximum atomic E-state index is 12.4. The van der Waals surface area contributed by atoms with Gasteiger partial charge in [0.25, 0.3) is 0 Å². The van der Waals surface area contributed by atoms with Crippen molar-refractivity contribution in [1.82, 2.24) is 5.32 Å². The van der Waals surface area contributed by atoms with E-state index in [9.17, 15) is 9.59 Å². The lowest BCUT2D eigenvalue weighted by Gasteiger charge is -2.17. The molecule has 5 heteroatoms. The second kappa shape index (κ2) is 6.32. The normalized spacial score (nSPS) is 17.8. The molecule has 0 unspecified atom stereocenters. The Bertz CT molecular complexity index is 664. The van der Waals surface area contributed by atoms with E-state index in [1.807, 2.05) is 48.0 Å². The molecule has 0 radical (unpaired) electrons. The Morgan fingerprint density at radius 2 is 2.09 bits per heavy atom. The summed E-state index contributed by atoms with van der Waals surface area (Å²) in [5.41, 5.74) is 3.05. The van der Waals surface area contributed by atoms with Gasteiger partial charge in [0, 0.05) is 12.2 Å². The average Bonchev–Trinajstić information content (AvgIpc) is 3.11. The molecule has 1 aliphatic rings. The van der Waals surface area contributed by atoms with Crippen molar-refractivity contribution < 1.29 is 9.59 Å². The average molecular weight is 314 g/mol. The summed E-state index contributed by atoms with van der Waals surface area (Å²) in [5, 5.41) is 6.75. The summed E-state index contributed by atoms with van der Waals surface area (Å²) < 4.78 is 0. The first-order chi connectivity index (χ1) is 10.6. The van der Waals surface area contributed by atoms with Crippen molar-refractivity contribution in [2.75, 3.05) is 11.4 Å². The molecule has 2 amide bonds. The first-order valence-corrected chi connectivity index (χ1v) is 8.26. The third-order valence-electron chi connectivity index (χ3n) is 3.83. The molecule has 114 valence electrons. The Labute approximate surface area is 133 Å². The number of thiophene rings is 1. The molecule has 4 nitrogen and oxygen atoms in total. The standard InChI is InChI=1S/C17H18N2O2S/c1-12-2-4-14(5-3-12)19-8-6-15(17(19)21)18-16(20)10-13-7-9-22-11-13/h2-5,7,9,11,15H,6,8,10H2,1H3,(H,18,20)/t15-/m1/s1. The highest BCUT2D eigenvalue weighted by Crippen LogP contribution is 2.22. The molecule has 1 saturated heterocycles. The SMILES string of the molecule is Cc1ccc(N2CC[C@@H](NC(=O)Cc3ccsc3)C2=O)cc1. The molecule has 3 rings (SSSR count). The van der Waals surface area contributed by atoms with Gasteiger partial charge in [-0.3, -0.25) is 9.59 Å². The lowest BCUT2D eigenvalue weighted by Crippen LogP contribution is -2.42. The monoisotopic (exact) mass is 314 g/mol. The zero-order valence-electron chi connectivity index (χ0n) is 12.4. The largest absolute Gasteiger partial charge is 0.344 e. The number of nitrogens with zero attached hydrogens (tertiary/aromatic N) is 1. The van der Waals surface area contributed by atoms with Crippen molar-refractivity contribution in [1.29, 1.82) is 0 Å². The topological polar surface area (TPSA) is 49.4 Å². The molecule has 2 aromatic rings. The summed E-state index contributed by atoms with van der Waals surface area (Å²) in [7, 11) is 0. The molecule has 1 aromatic carbocycles. The number of benzene rings is 1. The Hall–Kier alpha value is -2.14. The van der Waals surface area contributed by atoms with E-state index in [0.717, 1.165) is 16.8 Å². The fourth-order valence-corrected chi connectivity index (χ4v) is 3.29. The minimum absolute atomic E-state index is 0.0254. The highest BCUT2D eigenvalue weighted by Gasteiger charge is 2.33. The van der Waals surface area contributed by atoms with Gasteiger partial charge in [-0.15, -0.1) is 0 Å². The molecule has 1 aromatic heterocycles. The summed E-state index contributed by atoms with van der Waals surface area (Å²) in [6.45, 7) is 2.66. The van der Waals surface area contributed by atoms with Crippen molar-refractivity contribution in [2.45, 2.75) is 25.8 Å². The Kier molecular flexibility index (Phi) is 4.24. The number of carbonyl (C=O) groups excluding carboxylic acids is 2. The molecule has 0 bridgehead atoms. The van der Waals surface area contributed by atoms with Crippen LogP contribution in [0.15, 0.2) is 41.1 Å². The number of amides is 2. The van der Waals surface area contributed by atoms with E-state index < -0.39 is 6.04 Å². The van der Waals surface area contributed by atoms with Gasteiger partial charge in [0.15, 0.2) is 0 Å². The number of rotatable bonds is 4. The van der Waals surface area contributed by atoms with Gasteiger partial charge in [-0.25, -0.2) is 0 Å². The highest BCUT2D eigenvalue weighted by molar-refractivity contribution is 7.08. The number of aryl methyl sites for hydroxylation is 1. The molecule has 1 atom stereocenters. The van der Waals surface area contributed by atoms with Crippen molar-refractivity contribution in [3.8, 4) is 0 Å². The van der Waals surface area contributed by atoms with Crippen LogP contribution in [0.1, 0.15) is 17.5 Å². The van der Waals surface area contributed by atoms with Gasteiger partial charge < -0.3 is 10.2 Å². The molecule has 0 aliphatic carbocycles. The summed E-state index contributed by atoms with van der Waals surface area (Å²) in [4.78, 5) is 26.2. The summed E-state index contributed by atoms with van der Waals surface area (Å²) in [5.74, 6) is -0.120. The van der Waals surface area contributed by atoms with E-state index in [1.54, 1.807) is 16.2 Å². The highest BCUT2D eigenvalue weighted by atomic mass is 32.1. The van der Waals surface area contributed by atoms with Crippen molar-refractivity contribution in [3.05, 3.63) is 52.2 Å². The molecule has 2 heterocycles. The maximum Gasteiger partial charge on any atom is 0.249 e. The van der Waals surface area contributed by atoms with E-state index in [0.29, 0.717) is 19.4 Å². The zero-order valence-corrected chi connectivity index (χ0v) is 13.2. The van der Waals surface area contributed by atoms with Gasteiger partial charge in [0.05, 0.1) is 6.42 Å². The Morgan fingerprint density at radius 1 is 1.32 bits per heavy atom. The van der Waals surface area contributed by atoms with Crippen LogP contribution in [-0.2, 0) is 16.0 Å². The van der Waals surface area contributed by atoms with E-state index in [-0.39, 0.29) is 11.8 Å². The van der Waals surface area contributed by atoms with E-state index >= 15 is 0 Å². The van der Waals surface area contributed by atoms with Gasteiger partial charge in [0.2, 0.25) is 11.8 Å². The summed E-state index contributed by atoms with van der Waals surface area (Å²) in [6, 6.07) is 9.40. The molecule has 1 N–H and O–H groups in total. The molecule has 0 saturated carbocycles. The summed E-state index contributed by atoms with van der Waals surface area (Å²) >= 11 is 1.57. The van der Waals surface area contributed by atoms with Gasteiger partial charge >= 0.3 is 0 Å². The molecule has 1 fully saturated rings. The minimum Gasteiger partial charge on any atom is -0.344 e. The second-order valence-electron chi connectivity index (χ2n) is 5.54. The van der Waals surface area contributed by atoms with E-state index in [2.05, 4.69) is 5.32 Å². The van der Waals surface area contributed by atoms with Gasteiger partial charge in [-0.05, 0) is 47.9 Å². The number of hydrogen-bond donors (Lipinski definition) is 1. The van der Waals surface area contributed by atoms with Crippen molar-refractivity contribution in [3.63, 3.8) is 0 Å². The maximum absolute atomic E-state index is 12.4. The molecule has 22 heavy (non-hydrogen) atoms. The third kappa shape index (κ3) is 3.20. The lowest BCUT2D eigenvalue weighted by atomic mass is 10.2. The zero-order chi connectivity index (χ0) is 15.5. The first kappa shape index (κ1) is 14.8. The van der Waals surface area contributed by atoms with Crippen LogP contribution in [0.2, 0.25) is 0 Å². The van der Waals surface area contributed by atoms with Crippen molar-refractivity contribution in [2.24, 2.45) is 0 Å². The van der Waals surface area contributed by atoms with Crippen LogP contribution in [-0.4, -0.2) is 24.4 Å². The van der Waals surface area contributed by atoms with Crippen LogP contribution in [0.3, 0.4) is 0 Å². The van der Waals surface area contributed by atoms with Gasteiger partial charge in [-0.1, -0.05) is 17.7 Å². The van der Waals surface area contributed by atoms with Crippen LogP contribution in [0.25, 0.3) is 0 Å². The molecular formula is C17H18N2O2S. The fraction of sp³-hybridized carbons (Fsp3) is 0.294. The number of nitrogens with one attached hydrogen (secondary N) is 1. The fourth-order valence-electron chi connectivity index (χ4n) is 2.62. The smallest absolute Gasteiger partial charge is 0.249 e. The Morgan fingerprint density at radius 3 is 2.77 bits per heavy atom. The minimum atomic E-state index is -0.410. The van der Waals surface area contributed by atoms with Crippen molar-refractivity contribution >= 4 is 28.8 Å². The molecule has 1 aliphatic heterocycles. The van der Waals surface area contributed by atoms with E-state index in [1.165, 1.54) is 0 Å². The first-order valence-electron chi connectivity index (χ1n) is 7.32. The Balaban J connectivity index is 1.61. The lowest BCUT2D eigenvalue weighted by molar-refractivity contribution is -0.126. The van der Waals surface area contributed by atoms with Crippen LogP contribution in [0, 0.1) is 6.92 Å². The number of hydrogen-bond acceptors (Lipinski definition) is 3. The predicted octanol–water partition coefficient (Wildman–Crippen LogP) is 2.52.